The van der Waals surface area contributed by atoms with Crippen LogP contribution in [-0.2, 0) is 0 Å². The maximum absolute atomic E-state index is 11.6. The summed E-state index contributed by atoms with van der Waals surface area (Å²) in [4.78, 5) is 11.6. The molecule has 7 heteroatoms. The number of phenols is 3. The van der Waals surface area contributed by atoms with E-state index in [-0.39, 0.29) is 5.56 Å². The van der Waals surface area contributed by atoms with Crippen LogP contribution in [0.15, 0.2) is 40.0 Å². The van der Waals surface area contributed by atoms with E-state index >= 15 is 0 Å². The average molecular weight is 262 g/mol. The highest BCUT2D eigenvalue weighted by molar-refractivity contribution is 5.96. The van der Waals surface area contributed by atoms with Gasteiger partial charge in [0.05, 0.1) is 12.5 Å². The molecule has 19 heavy (non-hydrogen) atoms. The standard InChI is InChI=1S/C12H10N2O5/c15-9-4-7(5-10(16)11(9)17)12(18)14-13-6-8-2-1-3-19-8/h1-6,15-17H,(H,14,18). The van der Waals surface area contributed by atoms with Crippen molar-refractivity contribution in [1.82, 2.24) is 5.43 Å². The molecule has 1 aromatic carbocycles. The Hall–Kier alpha value is -2.96. The zero-order valence-corrected chi connectivity index (χ0v) is 9.57. The Morgan fingerprint density at radius 2 is 1.95 bits per heavy atom. The van der Waals surface area contributed by atoms with Gasteiger partial charge in [-0.05, 0) is 24.3 Å². The maximum Gasteiger partial charge on any atom is 0.271 e. The first-order valence-corrected chi connectivity index (χ1v) is 5.20. The van der Waals surface area contributed by atoms with Crippen molar-refractivity contribution < 1.29 is 24.5 Å². The highest BCUT2D eigenvalue weighted by Gasteiger charge is 2.12. The lowest BCUT2D eigenvalue weighted by atomic mass is 10.2. The first-order valence-electron chi connectivity index (χ1n) is 5.20. The summed E-state index contributed by atoms with van der Waals surface area (Å²) in [5, 5.41) is 31.3. The summed E-state index contributed by atoms with van der Waals surface area (Å²) in [5.74, 6) is -2.08. The maximum atomic E-state index is 11.6. The van der Waals surface area contributed by atoms with Crippen LogP contribution in [0.4, 0.5) is 0 Å². The van der Waals surface area contributed by atoms with Crippen LogP contribution >= 0.6 is 0 Å². The van der Waals surface area contributed by atoms with Gasteiger partial charge >= 0.3 is 0 Å². The molecule has 0 saturated carbocycles. The van der Waals surface area contributed by atoms with Gasteiger partial charge in [0, 0.05) is 5.56 Å². The second-order valence-corrected chi connectivity index (χ2v) is 3.58. The van der Waals surface area contributed by atoms with Gasteiger partial charge in [-0.1, -0.05) is 0 Å². The van der Waals surface area contributed by atoms with E-state index in [4.69, 9.17) is 9.52 Å². The molecule has 0 bridgehead atoms. The smallest absolute Gasteiger partial charge is 0.271 e. The SMILES string of the molecule is O=C(NN=Cc1ccco1)c1cc(O)c(O)c(O)c1. The van der Waals surface area contributed by atoms with Crippen molar-refractivity contribution in [3.8, 4) is 17.2 Å². The van der Waals surface area contributed by atoms with Gasteiger partial charge in [0.1, 0.15) is 5.76 Å². The number of amides is 1. The van der Waals surface area contributed by atoms with E-state index in [0.717, 1.165) is 12.1 Å². The number of benzene rings is 1. The lowest BCUT2D eigenvalue weighted by Crippen LogP contribution is -2.17. The molecule has 0 fully saturated rings. The number of phenolic OH excluding ortho intramolecular Hbond substituents is 3. The van der Waals surface area contributed by atoms with Crippen molar-refractivity contribution in [2.45, 2.75) is 0 Å². The van der Waals surface area contributed by atoms with E-state index < -0.39 is 23.2 Å². The van der Waals surface area contributed by atoms with Crippen LogP contribution in [0.2, 0.25) is 0 Å². The lowest BCUT2D eigenvalue weighted by Gasteiger charge is -2.04. The summed E-state index contributed by atoms with van der Waals surface area (Å²) < 4.78 is 4.96. The number of carbonyl (C=O) groups is 1. The van der Waals surface area contributed by atoms with E-state index in [1.807, 2.05) is 0 Å². The van der Waals surface area contributed by atoms with Gasteiger partial charge in [-0.25, -0.2) is 5.43 Å². The third-order valence-electron chi connectivity index (χ3n) is 2.23. The van der Waals surface area contributed by atoms with Crippen LogP contribution < -0.4 is 5.43 Å². The van der Waals surface area contributed by atoms with Crippen LogP contribution in [0.1, 0.15) is 16.1 Å². The molecule has 1 heterocycles. The zero-order chi connectivity index (χ0) is 13.8. The molecule has 0 saturated heterocycles. The van der Waals surface area contributed by atoms with Gasteiger partial charge in [0.2, 0.25) is 0 Å². The molecule has 98 valence electrons. The molecule has 0 aliphatic rings. The number of hydrogen-bond acceptors (Lipinski definition) is 6. The fourth-order valence-electron chi connectivity index (χ4n) is 1.32. The molecular weight excluding hydrogens is 252 g/mol. The average Bonchev–Trinajstić information content (AvgIpc) is 2.88. The van der Waals surface area contributed by atoms with Crippen molar-refractivity contribution in [1.29, 1.82) is 0 Å². The molecular formula is C12H10N2O5. The normalized spacial score (nSPS) is 10.7. The van der Waals surface area contributed by atoms with Gasteiger partial charge in [-0.2, -0.15) is 5.10 Å². The van der Waals surface area contributed by atoms with Crippen molar-refractivity contribution in [3.63, 3.8) is 0 Å². The minimum Gasteiger partial charge on any atom is -0.504 e. The number of hydrogen-bond donors (Lipinski definition) is 4. The van der Waals surface area contributed by atoms with E-state index in [1.54, 1.807) is 12.1 Å². The molecule has 0 aliphatic heterocycles. The monoisotopic (exact) mass is 262 g/mol. The lowest BCUT2D eigenvalue weighted by molar-refractivity contribution is 0.0954. The summed E-state index contributed by atoms with van der Waals surface area (Å²) in [6.45, 7) is 0. The number of nitrogens with zero attached hydrogens (tertiary/aromatic N) is 1. The van der Waals surface area contributed by atoms with Crippen LogP contribution in [0.25, 0.3) is 0 Å². The summed E-state index contributed by atoms with van der Waals surface area (Å²) >= 11 is 0. The van der Waals surface area contributed by atoms with Gasteiger partial charge in [-0.3, -0.25) is 4.79 Å². The Kier molecular flexibility index (Phi) is 3.37. The largest absolute Gasteiger partial charge is 0.504 e. The van der Waals surface area contributed by atoms with E-state index in [9.17, 15) is 15.0 Å². The van der Waals surface area contributed by atoms with Gasteiger partial charge < -0.3 is 19.7 Å². The Morgan fingerprint density at radius 1 is 1.26 bits per heavy atom. The summed E-state index contributed by atoms with van der Waals surface area (Å²) in [5.41, 5.74) is 2.13. The number of carbonyl (C=O) groups excluding carboxylic acids is 1. The Balaban J connectivity index is 2.08. The zero-order valence-electron chi connectivity index (χ0n) is 9.57. The van der Waals surface area contributed by atoms with Crippen molar-refractivity contribution in [2.75, 3.05) is 0 Å². The third-order valence-corrected chi connectivity index (χ3v) is 2.23. The Morgan fingerprint density at radius 3 is 2.53 bits per heavy atom. The minimum atomic E-state index is -0.685. The molecule has 0 spiro atoms. The minimum absolute atomic E-state index is 0.0515. The fraction of sp³-hybridized carbons (Fsp3) is 0. The molecule has 1 aromatic heterocycles. The van der Waals surface area contributed by atoms with Gasteiger partial charge in [-0.15, -0.1) is 0 Å². The fourth-order valence-corrected chi connectivity index (χ4v) is 1.32. The van der Waals surface area contributed by atoms with Crippen LogP contribution in [-0.4, -0.2) is 27.4 Å². The molecule has 2 rings (SSSR count). The van der Waals surface area contributed by atoms with Crippen LogP contribution in [0, 0.1) is 0 Å². The van der Waals surface area contributed by atoms with Crippen LogP contribution in [0.3, 0.4) is 0 Å². The molecule has 4 N–H and O–H groups in total. The van der Waals surface area contributed by atoms with Gasteiger partial charge in [0.25, 0.3) is 5.91 Å². The quantitative estimate of drug-likeness (QED) is 0.376. The van der Waals surface area contributed by atoms with Crippen molar-refractivity contribution >= 4 is 12.1 Å². The molecule has 0 atom stereocenters. The number of furan rings is 1. The second kappa shape index (κ2) is 5.13. The second-order valence-electron chi connectivity index (χ2n) is 3.58. The predicted molar refractivity (Wildman–Crippen MR) is 65.2 cm³/mol. The topological polar surface area (TPSA) is 115 Å². The first-order chi connectivity index (χ1) is 9.08. The number of rotatable bonds is 3. The molecule has 0 unspecified atom stereocenters. The molecule has 2 aromatic rings. The molecule has 1 amide bonds. The first kappa shape index (κ1) is 12.5. The Labute approximate surface area is 107 Å². The van der Waals surface area contributed by atoms with Crippen molar-refractivity contribution in [3.05, 3.63) is 41.9 Å². The molecule has 0 radical (unpaired) electrons. The van der Waals surface area contributed by atoms with E-state index in [0.29, 0.717) is 5.76 Å². The third kappa shape index (κ3) is 2.83. The highest BCUT2D eigenvalue weighted by atomic mass is 16.3. The van der Waals surface area contributed by atoms with Crippen molar-refractivity contribution in [2.24, 2.45) is 5.10 Å². The highest BCUT2D eigenvalue weighted by Crippen LogP contribution is 2.35. The summed E-state index contributed by atoms with van der Waals surface area (Å²) in [6.07, 6.45) is 2.75. The van der Waals surface area contributed by atoms with E-state index in [2.05, 4.69) is 10.5 Å². The van der Waals surface area contributed by atoms with Gasteiger partial charge in [0.15, 0.2) is 17.2 Å². The summed E-state index contributed by atoms with van der Waals surface area (Å²) in [7, 11) is 0. The molecule has 7 nitrogen and oxygen atoms in total. The number of aromatic hydroxyl groups is 3. The van der Waals surface area contributed by atoms with Crippen LogP contribution in [0.5, 0.6) is 17.2 Å². The number of hydrazone groups is 1. The Bertz CT molecular complexity index is 596. The molecule has 0 aliphatic carbocycles. The predicted octanol–water partition coefficient (Wildman–Crippen LogP) is 1.16. The summed E-state index contributed by atoms with van der Waals surface area (Å²) in [6, 6.07) is 5.33. The number of nitrogens with one attached hydrogen (secondary N) is 1. The van der Waals surface area contributed by atoms with E-state index in [1.165, 1.54) is 12.5 Å².